The predicted molar refractivity (Wildman–Crippen MR) is 120 cm³/mol. The van der Waals surface area contributed by atoms with Crippen molar-refractivity contribution in [2.75, 3.05) is 54.5 Å². The quantitative estimate of drug-likeness (QED) is 0.519. The Morgan fingerprint density at radius 3 is 2.37 bits per heavy atom. The Kier molecular flexibility index (Phi) is 6.19. The Morgan fingerprint density at radius 2 is 1.67 bits per heavy atom. The Labute approximate surface area is 183 Å². The van der Waals surface area contributed by atoms with E-state index in [1.165, 1.54) is 6.07 Å². The number of benzene rings is 2. The number of carbonyl (C=O) groups is 1. The molecule has 2 aromatic carbocycles. The van der Waals surface area contributed by atoms with Gasteiger partial charge in [-0.2, -0.15) is 0 Å². The van der Waals surface area contributed by atoms with Gasteiger partial charge in [0, 0.05) is 42.3 Å². The third-order valence-electron chi connectivity index (χ3n) is 5.44. The molecule has 0 unspecified atom stereocenters. The zero-order valence-corrected chi connectivity index (χ0v) is 18.1. The maximum Gasteiger partial charge on any atom is 0.293 e. The zero-order chi connectivity index (χ0) is 21.1. The summed E-state index contributed by atoms with van der Waals surface area (Å²) in [7, 11) is 0. The molecule has 1 amide bonds. The van der Waals surface area contributed by atoms with Crippen LogP contribution in [0.1, 0.15) is 23.2 Å². The number of anilines is 3. The molecule has 0 bridgehead atoms. The molecule has 0 aromatic heterocycles. The van der Waals surface area contributed by atoms with Crippen molar-refractivity contribution < 1.29 is 14.5 Å². The molecular formula is C21H23BrN4O4. The number of carbonyl (C=O) groups excluding carboxylic acids is 1. The second-order valence-corrected chi connectivity index (χ2v) is 8.29. The van der Waals surface area contributed by atoms with Crippen molar-refractivity contribution in [1.29, 1.82) is 0 Å². The number of hydrogen-bond donors (Lipinski definition) is 1. The molecule has 2 aliphatic heterocycles. The summed E-state index contributed by atoms with van der Waals surface area (Å²) in [6, 6.07) is 10.4. The Hall–Kier alpha value is -2.65. The topological polar surface area (TPSA) is 88.0 Å². The Morgan fingerprint density at radius 1 is 1.00 bits per heavy atom. The standard InChI is InChI=1S/C21H23BrN4O4/c22-16-4-6-18(25-9-11-30-12-10-25)17(14-16)23-21(27)15-3-5-19(20(13-15)26(28)29)24-7-1-2-8-24/h3-6,13-14H,1-2,7-12H2,(H,23,27). The second-order valence-electron chi connectivity index (χ2n) is 7.37. The number of nitro groups is 1. The van der Waals surface area contributed by atoms with Crippen LogP contribution < -0.4 is 15.1 Å². The van der Waals surface area contributed by atoms with Gasteiger partial charge in [0.15, 0.2) is 0 Å². The summed E-state index contributed by atoms with van der Waals surface area (Å²) >= 11 is 3.46. The summed E-state index contributed by atoms with van der Waals surface area (Å²) in [6.45, 7) is 4.34. The minimum atomic E-state index is -0.414. The van der Waals surface area contributed by atoms with Gasteiger partial charge >= 0.3 is 0 Å². The first kappa shape index (κ1) is 20.6. The van der Waals surface area contributed by atoms with Gasteiger partial charge in [-0.25, -0.2) is 0 Å². The first-order chi connectivity index (χ1) is 14.5. The highest BCUT2D eigenvalue weighted by atomic mass is 79.9. The van der Waals surface area contributed by atoms with Gasteiger partial charge in [-0.1, -0.05) is 15.9 Å². The molecule has 158 valence electrons. The van der Waals surface area contributed by atoms with E-state index in [2.05, 4.69) is 26.1 Å². The summed E-state index contributed by atoms with van der Waals surface area (Å²) in [5, 5.41) is 14.6. The van der Waals surface area contributed by atoms with Crippen molar-refractivity contribution >= 4 is 44.6 Å². The normalized spacial score (nSPS) is 16.6. The predicted octanol–water partition coefficient (Wildman–Crippen LogP) is 4.05. The smallest absolute Gasteiger partial charge is 0.293 e. The van der Waals surface area contributed by atoms with E-state index in [1.54, 1.807) is 12.1 Å². The molecule has 0 atom stereocenters. The average Bonchev–Trinajstić information content (AvgIpc) is 3.29. The lowest BCUT2D eigenvalue weighted by Crippen LogP contribution is -2.36. The molecule has 30 heavy (non-hydrogen) atoms. The van der Waals surface area contributed by atoms with Crippen molar-refractivity contribution in [2.24, 2.45) is 0 Å². The van der Waals surface area contributed by atoms with Crippen LogP contribution in [0.3, 0.4) is 0 Å². The lowest BCUT2D eigenvalue weighted by molar-refractivity contribution is -0.384. The fourth-order valence-corrected chi connectivity index (χ4v) is 4.28. The van der Waals surface area contributed by atoms with E-state index in [0.29, 0.717) is 24.6 Å². The molecule has 4 rings (SSSR count). The SMILES string of the molecule is O=C(Nc1cc(Br)ccc1N1CCOCC1)c1ccc(N2CCCC2)c([N+](=O)[O-])c1. The lowest BCUT2D eigenvalue weighted by atomic mass is 10.1. The van der Waals surface area contributed by atoms with Crippen LogP contribution in [0.5, 0.6) is 0 Å². The number of ether oxygens (including phenoxy) is 1. The van der Waals surface area contributed by atoms with Crippen molar-refractivity contribution in [3.8, 4) is 0 Å². The first-order valence-electron chi connectivity index (χ1n) is 10.00. The zero-order valence-electron chi connectivity index (χ0n) is 16.5. The van der Waals surface area contributed by atoms with E-state index >= 15 is 0 Å². The number of morpholine rings is 1. The van der Waals surface area contributed by atoms with Crippen molar-refractivity contribution in [3.63, 3.8) is 0 Å². The van der Waals surface area contributed by atoms with Gasteiger partial charge in [0.25, 0.3) is 11.6 Å². The number of hydrogen-bond acceptors (Lipinski definition) is 6. The average molecular weight is 475 g/mol. The van der Waals surface area contributed by atoms with E-state index in [-0.39, 0.29) is 17.2 Å². The second kappa shape index (κ2) is 9.01. The minimum Gasteiger partial charge on any atom is -0.378 e. The van der Waals surface area contributed by atoms with Gasteiger partial charge in [0.2, 0.25) is 0 Å². The summed E-state index contributed by atoms with van der Waals surface area (Å²) in [4.78, 5) is 28.3. The van der Waals surface area contributed by atoms with E-state index in [0.717, 1.165) is 49.2 Å². The minimum absolute atomic E-state index is 0.0350. The van der Waals surface area contributed by atoms with E-state index in [9.17, 15) is 14.9 Å². The number of rotatable bonds is 5. The maximum atomic E-state index is 13.0. The Balaban J connectivity index is 1.60. The summed E-state index contributed by atoms with van der Waals surface area (Å²) in [5.41, 5.74) is 2.36. The monoisotopic (exact) mass is 474 g/mol. The third-order valence-corrected chi connectivity index (χ3v) is 5.93. The molecule has 9 heteroatoms. The maximum absolute atomic E-state index is 13.0. The van der Waals surface area contributed by atoms with Gasteiger partial charge in [0.05, 0.1) is 29.5 Å². The molecule has 0 radical (unpaired) electrons. The summed E-state index contributed by atoms with van der Waals surface area (Å²) in [5.74, 6) is -0.376. The van der Waals surface area contributed by atoms with Crippen LogP contribution in [-0.4, -0.2) is 50.2 Å². The molecule has 2 aromatic rings. The van der Waals surface area contributed by atoms with E-state index < -0.39 is 4.92 Å². The van der Waals surface area contributed by atoms with Crippen LogP contribution in [0.4, 0.5) is 22.7 Å². The molecule has 2 heterocycles. The summed E-state index contributed by atoms with van der Waals surface area (Å²) in [6.07, 6.45) is 2.04. The van der Waals surface area contributed by atoms with Crippen LogP contribution in [0.15, 0.2) is 40.9 Å². The molecule has 2 fully saturated rings. The number of nitrogens with one attached hydrogen (secondary N) is 1. The van der Waals surface area contributed by atoms with Crippen LogP contribution in [0.2, 0.25) is 0 Å². The molecule has 1 N–H and O–H groups in total. The highest BCUT2D eigenvalue weighted by Gasteiger charge is 2.24. The molecule has 0 saturated carbocycles. The molecule has 8 nitrogen and oxygen atoms in total. The molecular weight excluding hydrogens is 452 g/mol. The highest BCUT2D eigenvalue weighted by molar-refractivity contribution is 9.10. The largest absolute Gasteiger partial charge is 0.378 e. The third kappa shape index (κ3) is 4.41. The van der Waals surface area contributed by atoms with E-state index in [1.807, 2.05) is 23.1 Å². The van der Waals surface area contributed by atoms with Crippen LogP contribution in [-0.2, 0) is 4.74 Å². The molecule has 0 spiro atoms. The van der Waals surface area contributed by atoms with E-state index in [4.69, 9.17) is 4.74 Å². The number of halogens is 1. The number of nitro benzene ring substituents is 1. The van der Waals surface area contributed by atoms with Gasteiger partial charge in [-0.15, -0.1) is 0 Å². The van der Waals surface area contributed by atoms with Crippen molar-refractivity contribution in [2.45, 2.75) is 12.8 Å². The molecule has 2 saturated heterocycles. The fraction of sp³-hybridized carbons (Fsp3) is 0.381. The van der Waals surface area contributed by atoms with Gasteiger partial charge in [-0.3, -0.25) is 14.9 Å². The lowest BCUT2D eigenvalue weighted by Gasteiger charge is -2.30. The number of amides is 1. The van der Waals surface area contributed by atoms with Crippen LogP contribution >= 0.6 is 15.9 Å². The Bertz CT molecular complexity index is 956. The fourth-order valence-electron chi connectivity index (χ4n) is 3.92. The van der Waals surface area contributed by atoms with Crippen LogP contribution in [0, 0.1) is 10.1 Å². The van der Waals surface area contributed by atoms with Crippen LogP contribution in [0.25, 0.3) is 0 Å². The van der Waals surface area contributed by atoms with Crippen molar-refractivity contribution in [1.82, 2.24) is 0 Å². The number of nitrogens with zero attached hydrogens (tertiary/aromatic N) is 3. The first-order valence-corrected chi connectivity index (χ1v) is 10.8. The summed E-state index contributed by atoms with van der Waals surface area (Å²) < 4.78 is 6.26. The van der Waals surface area contributed by atoms with Crippen molar-refractivity contribution in [3.05, 3.63) is 56.5 Å². The highest BCUT2D eigenvalue weighted by Crippen LogP contribution is 2.33. The van der Waals surface area contributed by atoms with Gasteiger partial charge in [-0.05, 0) is 43.2 Å². The van der Waals surface area contributed by atoms with Gasteiger partial charge < -0.3 is 19.9 Å². The molecule has 2 aliphatic rings. The van der Waals surface area contributed by atoms with Gasteiger partial charge in [0.1, 0.15) is 5.69 Å². The molecule has 0 aliphatic carbocycles.